The van der Waals surface area contributed by atoms with Gasteiger partial charge in [-0.3, -0.25) is 0 Å². The molecule has 35 heavy (non-hydrogen) atoms. The van der Waals surface area contributed by atoms with Gasteiger partial charge in [0, 0.05) is 23.8 Å². The van der Waals surface area contributed by atoms with Crippen LogP contribution in [-0.4, -0.2) is 24.4 Å². The van der Waals surface area contributed by atoms with E-state index in [1.54, 1.807) is 0 Å². The second-order valence-corrected chi connectivity index (χ2v) is 11.5. The molecule has 0 bridgehead atoms. The maximum atomic E-state index is 6.67. The number of ether oxygens (including phenoxy) is 1. The summed E-state index contributed by atoms with van der Waals surface area (Å²) in [4.78, 5) is 0. The fourth-order valence-electron chi connectivity index (χ4n) is 6.82. The summed E-state index contributed by atoms with van der Waals surface area (Å²) in [5, 5.41) is 0. The molecule has 4 heteroatoms. The van der Waals surface area contributed by atoms with Gasteiger partial charge >= 0.3 is 7.12 Å². The molecule has 0 amide bonds. The van der Waals surface area contributed by atoms with Gasteiger partial charge in [0.05, 0.1) is 16.6 Å². The molecule has 0 saturated carbocycles. The van der Waals surface area contributed by atoms with Crippen molar-refractivity contribution in [3.63, 3.8) is 0 Å². The minimum Gasteiger partial charge on any atom is -0.485 e. The summed E-state index contributed by atoms with van der Waals surface area (Å²) < 4.78 is 19.6. The van der Waals surface area contributed by atoms with Crippen LogP contribution in [-0.2, 0) is 14.7 Å². The lowest BCUT2D eigenvalue weighted by atomic mass is 9.58. The predicted molar refractivity (Wildman–Crippen MR) is 140 cm³/mol. The Balaban J connectivity index is 1.48. The molecule has 0 N–H and O–H groups in total. The Kier molecular flexibility index (Phi) is 4.37. The predicted octanol–water partition coefficient (Wildman–Crippen LogP) is 5.76. The highest BCUT2D eigenvalue weighted by Crippen LogP contribution is 2.63. The quantitative estimate of drug-likeness (QED) is 0.505. The van der Waals surface area contributed by atoms with Crippen LogP contribution in [0.3, 0.4) is 0 Å². The number of benzene rings is 2. The molecule has 4 unspecified atom stereocenters. The molecule has 2 heterocycles. The van der Waals surface area contributed by atoms with E-state index in [-0.39, 0.29) is 22.7 Å². The average Bonchev–Trinajstić information content (AvgIpc) is 3.27. The van der Waals surface area contributed by atoms with Gasteiger partial charge in [-0.15, -0.1) is 0 Å². The van der Waals surface area contributed by atoms with Gasteiger partial charge in [0.15, 0.2) is 0 Å². The van der Waals surface area contributed by atoms with E-state index in [2.05, 4.69) is 113 Å². The maximum Gasteiger partial charge on any atom is 0.494 e. The fraction of sp³-hybridized carbons (Fsp3) is 0.355. The van der Waals surface area contributed by atoms with Crippen molar-refractivity contribution in [3.05, 3.63) is 107 Å². The van der Waals surface area contributed by atoms with E-state index in [9.17, 15) is 0 Å². The van der Waals surface area contributed by atoms with Crippen LogP contribution in [0.2, 0.25) is 0 Å². The Morgan fingerprint density at radius 1 is 0.857 bits per heavy atom. The molecular weight excluding hydrogens is 431 g/mol. The van der Waals surface area contributed by atoms with Crippen LogP contribution in [0.5, 0.6) is 5.75 Å². The minimum absolute atomic E-state index is 0.0429. The molecule has 176 valence electrons. The molecular formula is C31H31BO3. The minimum atomic E-state index is -0.408. The molecule has 1 spiro atoms. The zero-order valence-corrected chi connectivity index (χ0v) is 20.8. The van der Waals surface area contributed by atoms with Crippen molar-refractivity contribution in [3.8, 4) is 5.75 Å². The van der Waals surface area contributed by atoms with Crippen molar-refractivity contribution in [1.82, 2.24) is 0 Å². The summed E-state index contributed by atoms with van der Waals surface area (Å²) in [5.41, 5.74) is 5.39. The summed E-state index contributed by atoms with van der Waals surface area (Å²) in [6.07, 6.45) is 16.9. The zero-order chi connectivity index (χ0) is 24.0. The lowest BCUT2D eigenvalue weighted by Crippen LogP contribution is -2.47. The molecule has 0 aromatic heterocycles. The second-order valence-electron chi connectivity index (χ2n) is 11.5. The molecule has 5 aliphatic rings. The zero-order valence-electron chi connectivity index (χ0n) is 20.8. The summed E-state index contributed by atoms with van der Waals surface area (Å²) in [6, 6.07) is 15.6. The molecule has 2 aromatic rings. The summed E-state index contributed by atoms with van der Waals surface area (Å²) in [5.74, 6) is 1.61. The van der Waals surface area contributed by atoms with Crippen LogP contribution >= 0.6 is 0 Å². The summed E-state index contributed by atoms with van der Waals surface area (Å²) >= 11 is 0. The van der Waals surface area contributed by atoms with Crippen LogP contribution in [0.15, 0.2) is 90.6 Å². The van der Waals surface area contributed by atoms with Crippen molar-refractivity contribution >= 4 is 12.6 Å². The first kappa shape index (κ1) is 21.5. The van der Waals surface area contributed by atoms with Gasteiger partial charge in [0.1, 0.15) is 11.9 Å². The van der Waals surface area contributed by atoms with E-state index < -0.39 is 7.12 Å². The Morgan fingerprint density at radius 2 is 1.63 bits per heavy atom. The van der Waals surface area contributed by atoms with Gasteiger partial charge < -0.3 is 14.0 Å². The molecule has 2 aromatic carbocycles. The summed E-state index contributed by atoms with van der Waals surface area (Å²) in [6.45, 7) is 8.43. The van der Waals surface area contributed by atoms with E-state index in [1.807, 2.05) is 0 Å². The van der Waals surface area contributed by atoms with Crippen LogP contribution in [0.4, 0.5) is 0 Å². The largest absolute Gasteiger partial charge is 0.494 e. The highest BCUT2D eigenvalue weighted by atomic mass is 16.7. The first-order chi connectivity index (χ1) is 16.8. The van der Waals surface area contributed by atoms with Crippen LogP contribution < -0.4 is 10.2 Å². The molecule has 0 radical (unpaired) electrons. The molecule has 1 saturated heterocycles. The third kappa shape index (κ3) is 2.76. The molecule has 4 atom stereocenters. The Morgan fingerprint density at radius 3 is 2.46 bits per heavy atom. The molecule has 1 fully saturated rings. The van der Waals surface area contributed by atoms with E-state index in [0.29, 0.717) is 11.8 Å². The van der Waals surface area contributed by atoms with E-state index in [0.717, 1.165) is 17.6 Å². The van der Waals surface area contributed by atoms with Crippen molar-refractivity contribution in [2.45, 2.75) is 62.8 Å². The molecule has 7 rings (SSSR count). The maximum absolute atomic E-state index is 6.67. The second kappa shape index (κ2) is 7.12. The van der Waals surface area contributed by atoms with Gasteiger partial charge in [-0.1, -0.05) is 78.9 Å². The first-order valence-corrected chi connectivity index (χ1v) is 12.8. The Labute approximate surface area is 208 Å². The fourth-order valence-corrected chi connectivity index (χ4v) is 6.82. The average molecular weight is 462 g/mol. The van der Waals surface area contributed by atoms with Gasteiger partial charge in [-0.2, -0.15) is 0 Å². The van der Waals surface area contributed by atoms with Crippen molar-refractivity contribution in [2.75, 3.05) is 0 Å². The van der Waals surface area contributed by atoms with Gasteiger partial charge in [-0.05, 0) is 55.9 Å². The summed E-state index contributed by atoms with van der Waals surface area (Å²) in [7, 11) is -0.408. The van der Waals surface area contributed by atoms with E-state index in [4.69, 9.17) is 14.0 Å². The number of rotatable bonds is 1. The lowest BCUT2D eigenvalue weighted by Gasteiger charge is -2.48. The van der Waals surface area contributed by atoms with Gasteiger partial charge in [-0.25, -0.2) is 0 Å². The van der Waals surface area contributed by atoms with Crippen LogP contribution in [0.1, 0.15) is 56.7 Å². The van der Waals surface area contributed by atoms with Crippen molar-refractivity contribution in [2.24, 2.45) is 5.92 Å². The SMILES string of the molecule is CC1(C)OB(c2ccc3c(c2)C2(C4=CC=CCC4O3)c3ccccc3C3C=CC=CC32)OC1(C)C. The van der Waals surface area contributed by atoms with Crippen molar-refractivity contribution in [1.29, 1.82) is 0 Å². The molecule has 2 aliphatic heterocycles. The number of allylic oxidation sites excluding steroid dienone is 6. The third-order valence-corrected chi connectivity index (χ3v) is 9.17. The van der Waals surface area contributed by atoms with Crippen LogP contribution in [0.25, 0.3) is 0 Å². The van der Waals surface area contributed by atoms with Gasteiger partial charge in [0.2, 0.25) is 0 Å². The monoisotopic (exact) mass is 462 g/mol. The molecule has 3 aliphatic carbocycles. The normalized spacial score (nSPS) is 32.5. The first-order valence-electron chi connectivity index (χ1n) is 12.8. The Hall–Kier alpha value is -2.82. The number of fused-ring (bicyclic) bond motifs is 9. The highest BCUT2D eigenvalue weighted by Gasteiger charge is 2.59. The number of hydrogen-bond donors (Lipinski definition) is 0. The third-order valence-electron chi connectivity index (χ3n) is 9.17. The standard InChI is InChI=1S/C31H31BO3/c1-29(2)30(3,4)35-32(34-29)20-17-18-28-26(19-20)31(25-15-9-10-16-27(25)33-28)23-13-7-5-11-21(23)22-12-6-8-14-24(22)31/h5-15,17-19,21,23,27H,16H2,1-4H3. The highest BCUT2D eigenvalue weighted by molar-refractivity contribution is 6.62. The topological polar surface area (TPSA) is 27.7 Å². The van der Waals surface area contributed by atoms with Crippen LogP contribution in [0, 0.1) is 5.92 Å². The van der Waals surface area contributed by atoms with E-state index >= 15 is 0 Å². The van der Waals surface area contributed by atoms with E-state index in [1.165, 1.54) is 22.3 Å². The number of hydrogen-bond acceptors (Lipinski definition) is 3. The Bertz CT molecular complexity index is 1330. The van der Waals surface area contributed by atoms with Gasteiger partial charge in [0.25, 0.3) is 0 Å². The molecule has 3 nitrogen and oxygen atoms in total. The van der Waals surface area contributed by atoms with Crippen molar-refractivity contribution < 1.29 is 14.0 Å². The lowest BCUT2D eigenvalue weighted by molar-refractivity contribution is 0.00578. The smallest absolute Gasteiger partial charge is 0.485 e.